The molecule has 1 fully saturated rings. The van der Waals surface area contributed by atoms with Crippen molar-refractivity contribution in [1.29, 1.82) is 0 Å². The number of pyridine rings is 1. The van der Waals surface area contributed by atoms with Crippen LogP contribution in [-0.4, -0.2) is 36.1 Å². The highest BCUT2D eigenvalue weighted by Crippen LogP contribution is 2.21. The number of nitrogens with zero attached hydrogens (tertiary/aromatic N) is 2. The summed E-state index contributed by atoms with van der Waals surface area (Å²) < 4.78 is 19.4. The van der Waals surface area contributed by atoms with Crippen molar-refractivity contribution in [2.24, 2.45) is 5.73 Å². The second-order valence-corrected chi connectivity index (χ2v) is 4.41. The van der Waals surface area contributed by atoms with E-state index < -0.39 is 5.82 Å². The Morgan fingerprint density at radius 1 is 1.53 bits per heavy atom. The van der Waals surface area contributed by atoms with Crippen LogP contribution in [0.3, 0.4) is 0 Å². The summed E-state index contributed by atoms with van der Waals surface area (Å²) in [6.07, 6.45) is 3.41. The predicted molar refractivity (Wildman–Crippen MR) is 63.2 cm³/mol. The quantitative estimate of drug-likeness (QED) is 0.859. The minimum Gasteiger partial charge on any atom is -0.472 e. The summed E-state index contributed by atoms with van der Waals surface area (Å²) in [7, 11) is 2.07. The lowest BCUT2D eigenvalue weighted by atomic mass is 10.1. The minimum absolute atomic E-state index is 0.0567. The molecule has 94 valence electrons. The highest BCUT2D eigenvalue weighted by atomic mass is 19.1. The Hall–Kier alpha value is -1.20. The molecule has 0 amide bonds. The van der Waals surface area contributed by atoms with Crippen LogP contribution in [0.2, 0.25) is 0 Å². The largest absolute Gasteiger partial charge is 0.472 e. The van der Waals surface area contributed by atoms with E-state index in [1.54, 1.807) is 6.07 Å². The standard InChI is InChI=1S/C12H18FN3O/c1-16-6-3-10(4-7-16)17-12-11(13)9(8-14)2-5-15-12/h2,5,10H,3-4,6-8,14H2,1H3. The molecule has 1 aromatic heterocycles. The van der Waals surface area contributed by atoms with Crippen LogP contribution in [0.5, 0.6) is 5.88 Å². The molecule has 0 saturated carbocycles. The van der Waals surface area contributed by atoms with Gasteiger partial charge in [-0.05, 0) is 26.0 Å². The Balaban J connectivity index is 2.03. The van der Waals surface area contributed by atoms with E-state index in [4.69, 9.17) is 10.5 Å². The Morgan fingerprint density at radius 3 is 2.88 bits per heavy atom. The number of piperidine rings is 1. The maximum atomic E-state index is 13.8. The first-order chi connectivity index (χ1) is 8.20. The lowest BCUT2D eigenvalue weighted by molar-refractivity contribution is 0.105. The minimum atomic E-state index is -0.422. The summed E-state index contributed by atoms with van der Waals surface area (Å²) in [5, 5.41) is 0. The van der Waals surface area contributed by atoms with Gasteiger partial charge in [0.15, 0.2) is 5.82 Å². The molecule has 0 spiro atoms. The van der Waals surface area contributed by atoms with E-state index in [1.807, 2.05) is 0 Å². The lowest BCUT2D eigenvalue weighted by Crippen LogP contribution is -2.36. The number of aromatic nitrogens is 1. The Labute approximate surface area is 101 Å². The molecule has 0 bridgehead atoms. The van der Waals surface area contributed by atoms with Gasteiger partial charge in [0, 0.05) is 31.4 Å². The lowest BCUT2D eigenvalue weighted by Gasteiger charge is -2.29. The van der Waals surface area contributed by atoms with Crippen molar-refractivity contribution < 1.29 is 9.13 Å². The van der Waals surface area contributed by atoms with Crippen molar-refractivity contribution in [2.75, 3.05) is 20.1 Å². The van der Waals surface area contributed by atoms with E-state index in [9.17, 15) is 4.39 Å². The Morgan fingerprint density at radius 2 is 2.24 bits per heavy atom. The van der Waals surface area contributed by atoms with E-state index in [0.717, 1.165) is 25.9 Å². The van der Waals surface area contributed by atoms with Crippen LogP contribution in [0, 0.1) is 5.82 Å². The van der Waals surface area contributed by atoms with Gasteiger partial charge in [-0.3, -0.25) is 0 Å². The summed E-state index contributed by atoms with van der Waals surface area (Å²) in [4.78, 5) is 6.17. The zero-order valence-electron chi connectivity index (χ0n) is 10.0. The third-order valence-corrected chi connectivity index (χ3v) is 3.10. The molecule has 1 aromatic rings. The van der Waals surface area contributed by atoms with E-state index >= 15 is 0 Å². The van der Waals surface area contributed by atoms with Crippen LogP contribution < -0.4 is 10.5 Å². The van der Waals surface area contributed by atoms with Gasteiger partial charge in [0.05, 0.1) is 0 Å². The molecule has 0 radical (unpaired) electrons. The monoisotopic (exact) mass is 239 g/mol. The maximum absolute atomic E-state index is 13.8. The number of halogens is 1. The van der Waals surface area contributed by atoms with Crippen LogP contribution in [0.25, 0.3) is 0 Å². The molecular weight excluding hydrogens is 221 g/mol. The molecule has 17 heavy (non-hydrogen) atoms. The number of hydrogen-bond donors (Lipinski definition) is 1. The van der Waals surface area contributed by atoms with Gasteiger partial charge in [0.1, 0.15) is 6.10 Å². The second-order valence-electron chi connectivity index (χ2n) is 4.41. The molecule has 5 heteroatoms. The summed E-state index contributed by atoms with van der Waals surface area (Å²) in [5.74, 6) is -0.337. The number of ether oxygens (including phenoxy) is 1. The average Bonchev–Trinajstić information content (AvgIpc) is 2.35. The first-order valence-corrected chi connectivity index (χ1v) is 5.89. The summed E-state index contributed by atoms with van der Waals surface area (Å²) in [5.41, 5.74) is 5.89. The van der Waals surface area contributed by atoms with E-state index in [2.05, 4.69) is 16.9 Å². The van der Waals surface area contributed by atoms with Gasteiger partial charge in [0.2, 0.25) is 0 Å². The van der Waals surface area contributed by atoms with E-state index in [0.29, 0.717) is 5.56 Å². The number of likely N-dealkylation sites (tertiary alicyclic amines) is 1. The second kappa shape index (κ2) is 5.42. The summed E-state index contributed by atoms with van der Waals surface area (Å²) in [6.45, 7) is 2.11. The third-order valence-electron chi connectivity index (χ3n) is 3.10. The van der Waals surface area contributed by atoms with E-state index in [1.165, 1.54) is 6.20 Å². The van der Waals surface area contributed by atoms with Crippen molar-refractivity contribution in [1.82, 2.24) is 9.88 Å². The fourth-order valence-corrected chi connectivity index (χ4v) is 1.96. The molecule has 0 aliphatic carbocycles. The zero-order chi connectivity index (χ0) is 12.3. The van der Waals surface area contributed by atoms with Gasteiger partial charge in [-0.1, -0.05) is 0 Å². The topological polar surface area (TPSA) is 51.4 Å². The zero-order valence-corrected chi connectivity index (χ0v) is 10.0. The Bertz CT molecular complexity index is 378. The fourth-order valence-electron chi connectivity index (χ4n) is 1.96. The van der Waals surface area contributed by atoms with Crippen LogP contribution in [0.15, 0.2) is 12.3 Å². The molecule has 0 atom stereocenters. The van der Waals surface area contributed by atoms with Gasteiger partial charge in [-0.2, -0.15) is 0 Å². The average molecular weight is 239 g/mol. The van der Waals surface area contributed by atoms with Crippen molar-refractivity contribution in [3.05, 3.63) is 23.6 Å². The van der Waals surface area contributed by atoms with Crippen molar-refractivity contribution in [2.45, 2.75) is 25.5 Å². The maximum Gasteiger partial charge on any atom is 0.250 e. The van der Waals surface area contributed by atoms with Crippen LogP contribution >= 0.6 is 0 Å². The van der Waals surface area contributed by atoms with Crippen molar-refractivity contribution in [3.63, 3.8) is 0 Å². The summed E-state index contributed by atoms with van der Waals surface area (Å²) in [6, 6.07) is 1.58. The fraction of sp³-hybridized carbons (Fsp3) is 0.583. The van der Waals surface area contributed by atoms with Gasteiger partial charge >= 0.3 is 0 Å². The first kappa shape index (κ1) is 12.3. The number of hydrogen-bond acceptors (Lipinski definition) is 4. The van der Waals surface area contributed by atoms with Crippen LogP contribution in [0.4, 0.5) is 4.39 Å². The van der Waals surface area contributed by atoms with Crippen LogP contribution in [0.1, 0.15) is 18.4 Å². The van der Waals surface area contributed by atoms with Crippen LogP contribution in [-0.2, 0) is 6.54 Å². The normalized spacial score (nSPS) is 18.3. The van der Waals surface area contributed by atoms with Gasteiger partial charge in [-0.15, -0.1) is 0 Å². The first-order valence-electron chi connectivity index (χ1n) is 5.89. The van der Waals surface area contributed by atoms with Gasteiger partial charge in [-0.25, -0.2) is 9.37 Å². The van der Waals surface area contributed by atoms with Gasteiger partial charge in [0.25, 0.3) is 5.88 Å². The summed E-state index contributed by atoms with van der Waals surface area (Å²) >= 11 is 0. The molecular formula is C12H18FN3O. The molecule has 0 unspecified atom stereocenters. The Kier molecular flexibility index (Phi) is 3.91. The van der Waals surface area contributed by atoms with Crippen molar-refractivity contribution >= 4 is 0 Å². The number of rotatable bonds is 3. The van der Waals surface area contributed by atoms with E-state index in [-0.39, 0.29) is 18.5 Å². The van der Waals surface area contributed by atoms with Gasteiger partial charge < -0.3 is 15.4 Å². The molecule has 2 heterocycles. The SMILES string of the molecule is CN1CCC(Oc2nccc(CN)c2F)CC1. The highest BCUT2D eigenvalue weighted by Gasteiger charge is 2.20. The number of nitrogens with two attached hydrogens (primary N) is 1. The third kappa shape index (κ3) is 2.92. The smallest absolute Gasteiger partial charge is 0.250 e. The highest BCUT2D eigenvalue weighted by molar-refractivity contribution is 5.23. The van der Waals surface area contributed by atoms with Crippen molar-refractivity contribution in [3.8, 4) is 5.88 Å². The molecule has 0 aromatic carbocycles. The molecule has 1 aliphatic heterocycles. The predicted octanol–water partition coefficient (Wildman–Crippen LogP) is 1.15. The molecule has 2 rings (SSSR count). The molecule has 1 aliphatic rings. The molecule has 4 nitrogen and oxygen atoms in total. The molecule has 1 saturated heterocycles. The molecule has 2 N–H and O–H groups in total.